The molecular formula is C23H23N5O2. The Bertz CT molecular complexity index is 1190. The van der Waals surface area contributed by atoms with Crippen molar-refractivity contribution in [2.24, 2.45) is 4.99 Å². The fourth-order valence-electron chi connectivity index (χ4n) is 3.34. The third kappa shape index (κ3) is 3.96. The highest BCUT2D eigenvalue weighted by Gasteiger charge is 2.19. The van der Waals surface area contributed by atoms with Crippen molar-refractivity contribution in [1.29, 1.82) is 0 Å². The SMILES string of the molecule is COc1ccc(-c2[nH]n(-c3ccccc3)c(=O)c2C(C)=NCCc2cnc[nH]2)cc1. The number of aromatic amines is 2. The number of benzene rings is 2. The molecule has 4 rings (SSSR count). The van der Waals surface area contributed by atoms with Gasteiger partial charge in [0.05, 0.1) is 30.4 Å². The summed E-state index contributed by atoms with van der Waals surface area (Å²) in [5, 5.41) is 3.27. The summed E-state index contributed by atoms with van der Waals surface area (Å²) >= 11 is 0. The van der Waals surface area contributed by atoms with Gasteiger partial charge in [-0.05, 0) is 43.3 Å². The number of rotatable bonds is 7. The van der Waals surface area contributed by atoms with E-state index in [0.717, 1.165) is 34.8 Å². The van der Waals surface area contributed by atoms with Crippen LogP contribution in [0.1, 0.15) is 18.2 Å². The van der Waals surface area contributed by atoms with Gasteiger partial charge in [0.2, 0.25) is 0 Å². The Labute approximate surface area is 174 Å². The monoisotopic (exact) mass is 401 g/mol. The molecule has 0 saturated heterocycles. The first-order chi connectivity index (χ1) is 14.7. The molecule has 0 atom stereocenters. The summed E-state index contributed by atoms with van der Waals surface area (Å²) in [6, 6.07) is 17.1. The molecule has 2 aromatic carbocycles. The first-order valence-electron chi connectivity index (χ1n) is 9.71. The molecule has 0 amide bonds. The van der Waals surface area contributed by atoms with Crippen LogP contribution in [0.25, 0.3) is 16.9 Å². The average Bonchev–Trinajstić information content (AvgIpc) is 3.42. The molecule has 0 unspecified atom stereocenters. The zero-order chi connectivity index (χ0) is 20.9. The Morgan fingerprint density at radius 1 is 1.13 bits per heavy atom. The molecule has 2 heterocycles. The molecule has 30 heavy (non-hydrogen) atoms. The van der Waals surface area contributed by atoms with E-state index in [1.165, 1.54) is 0 Å². The van der Waals surface area contributed by atoms with Gasteiger partial charge in [-0.2, -0.15) is 0 Å². The van der Waals surface area contributed by atoms with Gasteiger partial charge < -0.3 is 9.72 Å². The molecule has 0 saturated carbocycles. The Morgan fingerprint density at radius 2 is 1.90 bits per heavy atom. The molecule has 0 fully saturated rings. The first-order valence-corrected chi connectivity index (χ1v) is 9.71. The summed E-state index contributed by atoms with van der Waals surface area (Å²) in [6.07, 6.45) is 4.16. The highest BCUT2D eigenvalue weighted by molar-refractivity contribution is 6.03. The van der Waals surface area contributed by atoms with Crippen LogP contribution in [-0.2, 0) is 6.42 Å². The lowest BCUT2D eigenvalue weighted by molar-refractivity contribution is 0.415. The number of nitrogens with one attached hydrogen (secondary N) is 2. The largest absolute Gasteiger partial charge is 0.497 e. The molecule has 2 N–H and O–H groups in total. The number of aromatic nitrogens is 4. The van der Waals surface area contributed by atoms with Gasteiger partial charge in [-0.25, -0.2) is 9.67 Å². The van der Waals surface area contributed by atoms with Crippen LogP contribution in [0.3, 0.4) is 0 Å². The Morgan fingerprint density at radius 3 is 2.57 bits per heavy atom. The van der Waals surface area contributed by atoms with Crippen LogP contribution < -0.4 is 10.3 Å². The first kappa shape index (κ1) is 19.4. The molecule has 0 aliphatic rings. The second kappa shape index (κ2) is 8.65. The van der Waals surface area contributed by atoms with Gasteiger partial charge in [-0.1, -0.05) is 18.2 Å². The second-order valence-corrected chi connectivity index (χ2v) is 6.86. The molecule has 0 aliphatic carbocycles. The van der Waals surface area contributed by atoms with Crippen LogP contribution in [0.4, 0.5) is 0 Å². The topological polar surface area (TPSA) is 88.1 Å². The minimum Gasteiger partial charge on any atom is -0.497 e. The average molecular weight is 401 g/mol. The van der Waals surface area contributed by atoms with E-state index in [-0.39, 0.29) is 5.56 Å². The van der Waals surface area contributed by atoms with Gasteiger partial charge in [-0.3, -0.25) is 14.9 Å². The van der Waals surface area contributed by atoms with Crippen LogP contribution in [-0.4, -0.2) is 39.1 Å². The summed E-state index contributed by atoms with van der Waals surface area (Å²) in [5.41, 5.74) is 4.53. The van der Waals surface area contributed by atoms with Gasteiger partial charge in [0, 0.05) is 36.1 Å². The lowest BCUT2D eigenvalue weighted by Gasteiger charge is -2.05. The van der Waals surface area contributed by atoms with Gasteiger partial charge in [-0.15, -0.1) is 0 Å². The van der Waals surface area contributed by atoms with E-state index in [0.29, 0.717) is 17.8 Å². The van der Waals surface area contributed by atoms with Crippen molar-refractivity contribution in [3.63, 3.8) is 0 Å². The molecule has 2 aromatic heterocycles. The van der Waals surface area contributed by atoms with Crippen molar-refractivity contribution in [1.82, 2.24) is 19.7 Å². The Hall–Kier alpha value is -3.87. The van der Waals surface area contributed by atoms with Crippen molar-refractivity contribution >= 4 is 5.71 Å². The zero-order valence-corrected chi connectivity index (χ0v) is 16.9. The summed E-state index contributed by atoms with van der Waals surface area (Å²) in [6.45, 7) is 2.44. The van der Waals surface area contributed by atoms with Gasteiger partial charge in [0.25, 0.3) is 5.56 Å². The third-order valence-electron chi connectivity index (χ3n) is 4.93. The number of hydrogen-bond donors (Lipinski definition) is 2. The number of H-pyrrole nitrogens is 2. The highest BCUT2D eigenvalue weighted by atomic mass is 16.5. The highest BCUT2D eigenvalue weighted by Crippen LogP contribution is 2.24. The molecule has 7 heteroatoms. The summed E-state index contributed by atoms with van der Waals surface area (Å²) in [7, 11) is 1.63. The molecule has 0 radical (unpaired) electrons. The maximum Gasteiger partial charge on any atom is 0.280 e. The van der Waals surface area contributed by atoms with Crippen LogP contribution >= 0.6 is 0 Å². The molecule has 0 bridgehead atoms. The van der Waals surface area contributed by atoms with E-state index in [4.69, 9.17) is 4.74 Å². The number of aliphatic imine (C=N–C) groups is 1. The van der Waals surface area contributed by atoms with Crippen molar-refractivity contribution in [3.8, 4) is 22.7 Å². The van der Waals surface area contributed by atoms with Crippen molar-refractivity contribution in [2.75, 3.05) is 13.7 Å². The molecule has 0 aliphatic heterocycles. The zero-order valence-electron chi connectivity index (χ0n) is 16.9. The van der Waals surface area contributed by atoms with Crippen LogP contribution in [0, 0.1) is 0 Å². The van der Waals surface area contributed by atoms with E-state index in [9.17, 15) is 4.79 Å². The fraction of sp³-hybridized carbons (Fsp3) is 0.174. The van der Waals surface area contributed by atoms with Crippen LogP contribution in [0.15, 0.2) is 76.9 Å². The summed E-state index contributed by atoms with van der Waals surface area (Å²) in [4.78, 5) is 25.1. The lowest BCUT2D eigenvalue weighted by Crippen LogP contribution is -2.19. The fourth-order valence-corrected chi connectivity index (χ4v) is 3.34. The van der Waals surface area contributed by atoms with Crippen molar-refractivity contribution in [3.05, 3.63) is 88.7 Å². The maximum absolute atomic E-state index is 13.3. The minimum atomic E-state index is -0.130. The van der Waals surface area contributed by atoms with Crippen molar-refractivity contribution < 1.29 is 4.74 Å². The normalized spacial score (nSPS) is 11.6. The van der Waals surface area contributed by atoms with Gasteiger partial charge in [0.15, 0.2) is 0 Å². The van der Waals surface area contributed by atoms with E-state index in [2.05, 4.69) is 20.1 Å². The van der Waals surface area contributed by atoms with E-state index < -0.39 is 0 Å². The van der Waals surface area contributed by atoms with Gasteiger partial charge in [0.1, 0.15) is 5.75 Å². The molecule has 0 spiro atoms. The number of methoxy groups -OCH3 is 1. The summed E-state index contributed by atoms with van der Waals surface area (Å²) < 4.78 is 6.82. The lowest BCUT2D eigenvalue weighted by atomic mass is 10.0. The summed E-state index contributed by atoms with van der Waals surface area (Å²) in [5.74, 6) is 0.759. The van der Waals surface area contributed by atoms with Crippen molar-refractivity contribution in [2.45, 2.75) is 13.3 Å². The predicted molar refractivity (Wildman–Crippen MR) is 118 cm³/mol. The standard InChI is InChI=1S/C23H23N5O2/c1-16(25-13-12-18-14-24-15-26-18)21-22(17-8-10-20(30-2)11-9-17)27-28(23(21)29)19-6-4-3-5-7-19/h3-11,14-15,27H,12-13H2,1-2H3,(H,24,26). The van der Waals surface area contributed by atoms with E-state index >= 15 is 0 Å². The predicted octanol–water partition coefficient (Wildman–Crippen LogP) is 3.62. The van der Waals surface area contributed by atoms with Gasteiger partial charge >= 0.3 is 0 Å². The number of ether oxygens (including phenoxy) is 1. The molecular weight excluding hydrogens is 378 g/mol. The van der Waals surface area contributed by atoms with Crippen LogP contribution in [0.5, 0.6) is 5.75 Å². The molecule has 152 valence electrons. The number of imidazole rings is 1. The smallest absolute Gasteiger partial charge is 0.280 e. The quantitative estimate of drug-likeness (QED) is 0.464. The molecule has 4 aromatic rings. The maximum atomic E-state index is 13.3. The second-order valence-electron chi connectivity index (χ2n) is 6.86. The third-order valence-corrected chi connectivity index (χ3v) is 4.93. The van der Waals surface area contributed by atoms with Crippen LogP contribution in [0.2, 0.25) is 0 Å². The molecule has 7 nitrogen and oxygen atoms in total. The number of nitrogens with zero attached hydrogens (tertiary/aromatic N) is 3. The van der Waals surface area contributed by atoms with E-state index in [1.807, 2.05) is 61.5 Å². The van der Waals surface area contributed by atoms with E-state index in [1.54, 1.807) is 24.3 Å². The Balaban J connectivity index is 1.76. The minimum absolute atomic E-state index is 0.130. The number of para-hydroxylation sites is 1. The Kier molecular flexibility index (Phi) is 5.61. The number of hydrogen-bond acceptors (Lipinski definition) is 4.